The smallest absolute Gasteiger partial charge is 0.333 e. The summed E-state index contributed by atoms with van der Waals surface area (Å²) >= 11 is 0. The number of aliphatic hydroxyl groups excluding tert-OH is 6. The number of epoxide rings is 1. The van der Waals surface area contributed by atoms with Gasteiger partial charge in [-0.3, -0.25) is 0 Å². The van der Waals surface area contributed by atoms with Crippen molar-refractivity contribution in [2.24, 2.45) is 11.8 Å². The number of fused-ring (bicyclic) bond motifs is 3. The van der Waals surface area contributed by atoms with Gasteiger partial charge in [0.25, 0.3) is 0 Å². The lowest BCUT2D eigenvalue weighted by Gasteiger charge is -2.43. The van der Waals surface area contributed by atoms with Crippen LogP contribution in [0.15, 0.2) is 58.9 Å². The molecule has 0 amide bonds. The van der Waals surface area contributed by atoms with Crippen LogP contribution >= 0.6 is 0 Å². The molecule has 0 aromatic heterocycles. The molecule has 4 rings (SSSR count). The van der Waals surface area contributed by atoms with Crippen LogP contribution in [0.4, 0.5) is 0 Å². The Morgan fingerprint density at radius 2 is 1.43 bits per heavy atom. The van der Waals surface area contributed by atoms with Crippen molar-refractivity contribution in [3.05, 3.63) is 58.9 Å². The predicted molar refractivity (Wildman–Crippen MR) is 172 cm³/mol. The second kappa shape index (κ2) is 17.3. The summed E-state index contributed by atoms with van der Waals surface area (Å²) in [6.07, 6.45) is 2.43. The van der Waals surface area contributed by atoms with Gasteiger partial charge in [-0.1, -0.05) is 29.4 Å². The standard InChI is InChI=1S/C35H50O14/c1-19(11-14-36)7-5-9-21(3)31(42)44-15-12-20(2)8-6-10-22(4)32(43)46-18-35-25-23(26(38)30(35)49-35)13-16-45-33(25)48-34-29(41)28(40)27(39)24(17-37)47-34/h9-13,16,23-30,33-34,36-41H,5-8,14-15,17-18H2,1-4H3/b19-11+,20-12+,21-9-,22-10+/t23-,24-,25-,26+,27-,28+,29-,30+,33+,34+,35-/m1/s1. The maximum atomic E-state index is 12.9. The van der Waals surface area contributed by atoms with E-state index in [9.17, 15) is 35.1 Å². The van der Waals surface area contributed by atoms with Crippen molar-refractivity contribution in [2.45, 2.75) is 108 Å². The molecule has 1 saturated carbocycles. The highest BCUT2D eigenvalue weighted by atomic mass is 16.8. The molecule has 11 atom stereocenters. The number of hydrogen-bond donors (Lipinski definition) is 6. The van der Waals surface area contributed by atoms with Crippen molar-refractivity contribution < 1.29 is 68.6 Å². The zero-order valence-electron chi connectivity index (χ0n) is 28.3. The van der Waals surface area contributed by atoms with Gasteiger partial charge in [0.2, 0.25) is 6.29 Å². The maximum Gasteiger partial charge on any atom is 0.333 e. The highest BCUT2D eigenvalue weighted by Gasteiger charge is 2.76. The van der Waals surface area contributed by atoms with Crippen molar-refractivity contribution in [1.29, 1.82) is 0 Å². The van der Waals surface area contributed by atoms with Gasteiger partial charge in [-0.15, -0.1) is 0 Å². The third-order valence-electron chi connectivity index (χ3n) is 9.51. The minimum Gasteiger partial charge on any atom is -0.472 e. The molecular weight excluding hydrogens is 644 g/mol. The van der Waals surface area contributed by atoms with Crippen molar-refractivity contribution >= 4 is 11.9 Å². The van der Waals surface area contributed by atoms with Crippen LogP contribution in [0.2, 0.25) is 0 Å². The second-order valence-corrected chi connectivity index (χ2v) is 13.1. The molecule has 0 bridgehead atoms. The Kier molecular flexibility index (Phi) is 13.8. The molecule has 3 aliphatic heterocycles. The van der Waals surface area contributed by atoms with Crippen molar-refractivity contribution in [3.8, 4) is 0 Å². The zero-order valence-corrected chi connectivity index (χ0v) is 28.3. The lowest BCUT2D eigenvalue weighted by atomic mass is 9.85. The third-order valence-corrected chi connectivity index (χ3v) is 9.51. The number of carbonyl (C=O) groups excluding carboxylic acids is 2. The summed E-state index contributed by atoms with van der Waals surface area (Å²) in [6.45, 7) is 6.45. The Balaban J connectivity index is 1.25. The van der Waals surface area contributed by atoms with Gasteiger partial charge in [0.05, 0.1) is 31.5 Å². The van der Waals surface area contributed by atoms with Gasteiger partial charge in [0, 0.05) is 17.1 Å². The summed E-state index contributed by atoms with van der Waals surface area (Å²) < 4.78 is 33.8. The van der Waals surface area contributed by atoms with E-state index in [-0.39, 0.29) is 19.8 Å². The van der Waals surface area contributed by atoms with Gasteiger partial charge >= 0.3 is 11.9 Å². The molecule has 0 radical (unpaired) electrons. The summed E-state index contributed by atoms with van der Waals surface area (Å²) in [5.74, 6) is -2.13. The van der Waals surface area contributed by atoms with E-state index in [0.717, 1.165) is 17.6 Å². The fourth-order valence-electron chi connectivity index (χ4n) is 6.38. The first-order chi connectivity index (χ1) is 23.3. The minimum absolute atomic E-state index is 0.00288. The van der Waals surface area contributed by atoms with Crippen LogP contribution in [-0.4, -0.2) is 124 Å². The van der Waals surface area contributed by atoms with Gasteiger partial charge in [0.15, 0.2) is 6.29 Å². The monoisotopic (exact) mass is 694 g/mol. The Morgan fingerprint density at radius 3 is 2.06 bits per heavy atom. The number of ether oxygens (including phenoxy) is 6. The van der Waals surface area contributed by atoms with E-state index in [0.29, 0.717) is 30.4 Å². The van der Waals surface area contributed by atoms with Gasteiger partial charge in [0.1, 0.15) is 49.3 Å². The molecule has 4 aliphatic rings. The molecule has 274 valence electrons. The lowest BCUT2D eigenvalue weighted by molar-refractivity contribution is -0.344. The van der Waals surface area contributed by atoms with Crippen molar-refractivity contribution in [2.75, 3.05) is 26.4 Å². The second-order valence-electron chi connectivity index (χ2n) is 13.1. The van der Waals surface area contributed by atoms with E-state index in [1.807, 2.05) is 26.0 Å². The fraction of sp³-hybridized carbons (Fsp3) is 0.657. The van der Waals surface area contributed by atoms with Crippen LogP contribution in [0.1, 0.15) is 53.4 Å². The van der Waals surface area contributed by atoms with Crippen LogP contribution in [0.25, 0.3) is 0 Å². The molecule has 0 aromatic carbocycles. The Labute approximate surface area is 285 Å². The molecule has 14 nitrogen and oxygen atoms in total. The number of carbonyl (C=O) groups is 2. The summed E-state index contributed by atoms with van der Waals surface area (Å²) in [6, 6.07) is 0. The zero-order chi connectivity index (χ0) is 35.9. The van der Waals surface area contributed by atoms with E-state index in [2.05, 4.69) is 0 Å². The summed E-state index contributed by atoms with van der Waals surface area (Å²) in [7, 11) is 0. The molecule has 3 heterocycles. The van der Waals surface area contributed by atoms with E-state index in [1.54, 1.807) is 32.1 Å². The van der Waals surface area contributed by atoms with E-state index < -0.39 is 85.2 Å². The van der Waals surface area contributed by atoms with E-state index >= 15 is 0 Å². The lowest BCUT2D eigenvalue weighted by Crippen LogP contribution is -2.60. The average molecular weight is 695 g/mol. The SMILES string of the molecule is C/C(=C/CC/C(C)=C/CO)C(=O)OC/C=C(\C)CC/C=C(\C)C(=O)OC[C@]12O[C@H]1[C@@H](O)[C@@H]1C=CO[C@@H](O[C@@H]3O[C@H](CO)[C@@H](O)[C@H](O)[C@H]3O)[C@@H]12. The molecular formula is C35H50O14. The Hall–Kier alpha value is -2.92. The first-order valence-corrected chi connectivity index (χ1v) is 16.6. The highest BCUT2D eigenvalue weighted by molar-refractivity contribution is 5.88. The number of esters is 2. The van der Waals surface area contributed by atoms with Crippen molar-refractivity contribution in [3.63, 3.8) is 0 Å². The van der Waals surface area contributed by atoms with Gasteiger partial charge in [-0.25, -0.2) is 9.59 Å². The molecule has 0 aromatic rings. The number of hydrogen-bond acceptors (Lipinski definition) is 14. The maximum absolute atomic E-state index is 12.9. The topological polar surface area (TPSA) is 214 Å². The molecule has 0 spiro atoms. The summed E-state index contributed by atoms with van der Waals surface area (Å²) in [5.41, 5.74) is 1.79. The molecule has 1 aliphatic carbocycles. The quantitative estimate of drug-likeness (QED) is 0.0572. The fourth-order valence-corrected chi connectivity index (χ4v) is 6.38. The normalized spacial score (nSPS) is 36.1. The molecule has 6 N–H and O–H groups in total. The van der Waals surface area contributed by atoms with Crippen LogP contribution in [0.3, 0.4) is 0 Å². The molecule has 2 saturated heterocycles. The molecule has 14 heteroatoms. The average Bonchev–Trinajstić information content (AvgIpc) is 3.76. The molecule has 3 fully saturated rings. The number of aliphatic hydroxyl groups is 6. The van der Waals surface area contributed by atoms with Gasteiger partial charge in [-0.2, -0.15) is 0 Å². The Bertz CT molecular complexity index is 1320. The van der Waals surface area contributed by atoms with Crippen molar-refractivity contribution in [1.82, 2.24) is 0 Å². The number of allylic oxidation sites excluding steroid dienone is 4. The van der Waals surface area contributed by atoms with Crippen LogP contribution in [0, 0.1) is 11.8 Å². The molecule has 0 unspecified atom stereocenters. The first kappa shape index (κ1) is 38.9. The predicted octanol–water partition coefficient (Wildman–Crippen LogP) is 0.842. The minimum atomic E-state index is -1.66. The highest BCUT2D eigenvalue weighted by Crippen LogP contribution is 2.60. The first-order valence-electron chi connectivity index (χ1n) is 16.6. The van der Waals surface area contributed by atoms with Gasteiger partial charge in [-0.05, 0) is 65.5 Å². The van der Waals surface area contributed by atoms with Crippen LogP contribution in [-0.2, 0) is 38.0 Å². The molecule has 49 heavy (non-hydrogen) atoms. The Morgan fingerprint density at radius 1 is 0.796 bits per heavy atom. The summed E-state index contributed by atoms with van der Waals surface area (Å²) in [5, 5.41) is 60.1. The largest absolute Gasteiger partial charge is 0.472 e. The summed E-state index contributed by atoms with van der Waals surface area (Å²) in [4.78, 5) is 25.1. The van der Waals surface area contributed by atoms with Crippen LogP contribution < -0.4 is 0 Å². The van der Waals surface area contributed by atoms with E-state index in [1.165, 1.54) is 6.26 Å². The number of rotatable bonds is 16. The van der Waals surface area contributed by atoms with E-state index in [4.69, 9.17) is 33.5 Å². The van der Waals surface area contributed by atoms with Crippen LogP contribution in [0.5, 0.6) is 0 Å². The third kappa shape index (κ3) is 9.25. The van der Waals surface area contributed by atoms with Gasteiger partial charge < -0.3 is 59.1 Å².